The van der Waals surface area contributed by atoms with Crippen molar-refractivity contribution in [2.75, 3.05) is 0 Å². The number of fused-ring (bicyclic) bond motifs is 1. The van der Waals surface area contributed by atoms with E-state index in [4.69, 9.17) is 4.74 Å². The van der Waals surface area contributed by atoms with E-state index in [1.54, 1.807) is 12.1 Å². The van der Waals surface area contributed by atoms with Crippen molar-refractivity contribution in [2.24, 2.45) is 0 Å². The summed E-state index contributed by atoms with van der Waals surface area (Å²) in [6, 6.07) is 18.8. The molecule has 0 fully saturated rings. The van der Waals surface area contributed by atoms with Gasteiger partial charge < -0.3 is 9.29 Å². The molecule has 3 rings (SSSR count). The van der Waals surface area contributed by atoms with Crippen LogP contribution >= 0.6 is 0 Å². The Bertz CT molecular complexity index is 825. The fourth-order valence-corrected chi connectivity index (χ4v) is 2.80. The van der Waals surface area contributed by atoms with Gasteiger partial charge in [0.2, 0.25) is 0 Å². The van der Waals surface area contributed by atoms with E-state index in [9.17, 15) is 8.76 Å². The summed E-state index contributed by atoms with van der Waals surface area (Å²) in [5.74, 6) is 0.654. The third-order valence-corrected chi connectivity index (χ3v) is 4.33. The number of hydrogen-bond donors (Lipinski definition) is 0. The fourth-order valence-electron chi connectivity index (χ4n) is 2.44. The van der Waals surface area contributed by atoms with Crippen LogP contribution in [0.15, 0.2) is 65.6 Å². The van der Waals surface area contributed by atoms with Crippen LogP contribution in [0.5, 0.6) is 5.75 Å². The van der Waals surface area contributed by atoms with E-state index in [0.717, 1.165) is 5.56 Å². The van der Waals surface area contributed by atoms with Crippen LogP contribution < -0.4 is 4.74 Å². The van der Waals surface area contributed by atoms with Gasteiger partial charge in [0.1, 0.15) is 12.4 Å². The molecule has 0 saturated heterocycles. The van der Waals surface area contributed by atoms with Gasteiger partial charge in [-0.2, -0.15) is 0 Å². The molecule has 0 bridgehead atoms. The van der Waals surface area contributed by atoms with Gasteiger partial charge in [0.25, 0.3) is 0 Å². The van der Waals surface area contributed by atoms with E-state index >= 15 is 0 Å². The molecule has 0 radical (unpaired) electrons. The molecule has 3 aromatic carbocycles. The summed E-state index contributed by atoms with van der Waals surface area (Å²) in [7, 11) is 0. The lowest BCUT2D eigenvalue weighted by Gasteiger charge is -2.12. The minimum Gasteiger partial charge on any atom is -0.768 e. The summed E-state index contributed by atoms with van der Waals surface area (Å²) in [5, 5.41) is 2.36. The maximum atomic E-state index is 10.8. The Morgan fingerprint density at radius 1 is 1.00 bits per heavy atom. The van der Waals surface area contributed by atoms with Crippen molar-refractivity contribution in [1.29, 1.82) is 0 Å². The summed E-state index contributed by atoms with van der Waals surface area (Å²) < 4.78 is 27.5. The van der Waals surface area contributed by atoms with Gasteiger partial charge >= 0.3 is 0 Å². The molecule has 0 aliphatic carbocycles. The van der Waals surface area contributed by atoms with E-state index in [1.807, 2.05) is 12.1 Å². The van der Waals surface area contributed by atoms with Gasteiger partial charge in [-0.05, 0) is 58.6 Å². The second-order valence-electron chi connectivity index (χ2n) is 5.08. The monoisotopic (exact) mass is 311 g/mol. The van der Waals surface area contributed by atoms with Gasteiger partial charge in [-0.15, -0.1) is 0 Å². The van der Waals surface area contributed by atoms with E-state index in [1.165, 1.54) is 28.5 Å². The molecule has 0 aromatic heterocycles. The zero-order chi connectivity index (χ0) is 15.5. The summed E-state index contributed by atoms with van der Waals surface area (Å²) in [4.78, 5) is 0.258. The normalized spacial score (nSPS) is 12.3. The van der Waals surface area contributed by atoms with Crippen molar-refractivity contribution in [3.8, 4) is 5.75 Å². The molecule has 0 amide bonds. The van der Waals surface area contributed by atoms with Gasteiger partial charge in [0.05, 0.1) is 0 Å². The van der Waals surface area contributed by atoms with Crippen LogP contribution in [0.2, 0.25) is 0 Å². The van der Waals surface area contributed by atoms with Crippen LogP contribution in [-0.4, -0.2) is 8.76 Å². The summed E-state index contributed by atoms with van der Waals surface area (Å²) in [6.45, 7) is 2.52. The quantitative estimate of drug-likeness (QED) is 0.685. The summed E-state index contributed by atoms with van der Waals surface area (Å²) in [5.41, 5.74) is 2.32. The second-order valence-corrected chi connectivity index (χ2v) is 6.02. The lowest BCUT2D eigenvalue weighted by molar-refractivity contribution is 0.306. The number of hydrogen-bond acceptors (Lipinski definition) is 3. The van der Waals surface area contributed by atoms with Gasteiger partial charge in [0, 0.05) is 10.5 Å². The molecule has 3 nitrogen and oxygen atoms in total. The summed E-state index contributed by atoms with van der Waals surface area (Å²) >= 11 is -2.20. The Kier molecular flexibility index (Phi) is 4.22. The number of benzene rings is 3. The molecular weight excluding hydrogens is 296 g/mol. The largest absolute Gasteiger partial charge is 0.768 e. The molecule has 0 heterocycles. The van der Waals surface area contributed by atoms with Crippen LogP contribution in [0.25, 0.3) is 10.8 Å². The Balaban J connectivity index is 1.84. The zero-order valence-electron chi connectivity index (χ0n) is 12.1. The van der Waals surface area contributed by atoms with E-state index in [0.29, 0.717) is 12.4 Å². The first-order valence-electron chi connectivity index (χ1n) is 6.94. The number of rotatable bonds is 4. The molecule has 0 spiro atoms. The molecule has 0 N–H and O–H groups in total. The highest BCUT2D eigenvalue weighted by molar-refractivity contribution is 7.79. The molecule has 4 heteroatoms. The summed E-state index contributed by atoms with van der Waals surface area (Å²) in [6.07, 6.45) is 0. The van der Waals surface area contributed by atoms with Crippen molar-refractivity contribution < 1.29 is 13.5 Å². The number of ether oxygens (including phenoxy) is 1. The Morgan fingerprint density at radius 3 is 2.45 bits per heavy atom. The molecule has 1 atom stereocenters. The standard InChI is InChI=1S/C18H16O3S/c1-13-6-7-14-4-2-3-5-17(14)18(13)12-21-15-8-10-16(11-9-15)22(19)20/h2-11H,12H2,1H3,(H,19,20)/p-1. The molecule has 0 aliphatic rings. The van der Waals surface area contributed by atoms with Gasteiger partial charge in [0.15, 0.2) is 0 Å². The molecule has 22 heavy (non-hydrogen) atoms. The Morgan fingerprint density at radius 2 is 1.73 bits per heavy atom. The highest BCUT2D eigenvalue weighted by Gasteiger charge is 2.05. The minimum absolute atomic E-state index is 0.258. The molecular formula is C18H15O3S-. The van der Waals surface area contributed by atoms with E-state index in [2.05, 4.69) is 31.2 Å². The predicted octanol–water partition coefficient (Wildman–Crippen LogP) is 3.97. The van der Waals surface area contributed by atoms with Crippen molar-refractivity contribution >= 4 is 21.9 Å². The lowest BCUT2D eigenvalue weighted by Crippen LogP contribution is -1.99. The highest BCUT2D eigenvalue weighted by atomic mass is 32.2. The maximum absolute atomic E-state index is 10.8. The Labute approximate surface area is 131 Å². The third kappa shape index (κ3) is 3.03. The zero-order valence-corrected chi connectivity index (χ0v) is 12.9. The van der Waals surface area contributed by atoms with Crippen molar-refractivity contribution in [3.63, 3.8) is 0 Å². The van der Waals surface area contributed by atoms with Crippen LogP contribution in [0.3, 0.4) is 0 Å². The topological polar surface area (TPSA) is 49.4 Å². The average Bonchev–Trinajstić information content (AvgIpc) is 2.54. The Hall–Kier alpha value is -2.17. The molecule has 0 saturated carbocycles. The SMILES string of the molecule is Cc1ccc2ccccc2c1COc1ccc(S(=O)[O-])cc1. The fraction of sp³-hybridized carbons (Fsp3) is 0.111. The first-order valence-corrected chi connectivity index (χ1v) is 8.02. The van der Waals surface area contributed by atoms with Crippen molar-refractivity contribution in [1.82, 2.24) is 0 Å². The van der Waals surface area contributed by atoms with Gasteiger partial charge in [-0.1, -0.05) is 36.4 Å². The maximum Gasteiger partial charge on any atom is 0.119 e. The average molecular weight is 311 g/mol. The molecule has 3 aromatic rings. The minimum atomic E-state index is -2.20. The lowest BCUT2D eigenvalue weighted by atomic mass is 10.0. The smallest absolute Gasteiger partial charge is 0.119 e. The first kappa shape index (κ1) is 14.8. The van der Waals surface area contributed by atoms with Crippen LogP contribution in [0.1, 0.15) is 11.1 Å². The number of aryl methyl sites for hydroxylation is 1. The molecule has 1 unspecified atom stereocenters. The van der Waals surface area contributed by atoms with Gasteiger partial charge in [-0.3, -0.25) is 4.21 Å². The van der Waals surface area contributed by atoms with E-state index in [-0.39, 0.29) is 4.90 Å². The van der Waals surface area contributed by atoms with E-state index < -0.39 is 11.1 Å². The third-order valence-electron chi connectivity index (χ3n) is 3.67. The molecule has 0 aliphatic heterocycles. The highest BCUT2D eigenvalue weighted by Crippen LogP contribution is 2.24. The van der Waals surface area contributed by atoms with Crippen molar-refractivity contribution in [2.45, 2.75) is 18.4 Å². The predicted molar refractivity (Wildman–Crippen MR) is 86.6 cm³/mol. The van der Waals surface area contributed by atoms with Crippen LogP contribution in [-0.2, 0) is 17.7 Å². The van der Waals surface area contributed by atoms with Crippen LogP contribution in [0, 0.1) is 6.92 Å². The van der Waals surface area contributed by atoms with Crippen LogP contribution in [0.4, 0.5) is 0 Å². The molecule has 112 valence electrons. The second kappa shape index (κ2) is 6.30. The first-order chi connectivity index (χ1) is 10.6. The van der Waals surface area contributed by atoms with Crippen molar-refractivity contribution in [3.05, 3.63) is 71.8 Å². The van der Waals surface area contributed by atoms with Gasteiger partial charge in [-0.25, -0.2) is 0 Å².